The zero-order valence-electron chi connectivity index (χ0n) is 16.7. The van der Waals surface area contributed by atoms with Gasteiger partial charge < -0.3 is 4.90 Å². The number of anilines is 1. The van der Waals surface area contributed by atoms with Crippen LogP contribution in [0.4, 0.5) is 10.1 Å². The number of rotatable bonds is 8. The van der Waals surface area contributed by atoms with Crippen LogP contribution in [0.2, 0.25) is 0 Å². The zero-order valence-corrected chi connectivity index (χ0v) is 17.5. The molecule has 0 fully saturated rings. The van der Waals surface area contributed by atoms with E-state index in [4.69, 9.17) is 0 Å². The predicted octanol–water partition coefficient (Wildman–Crippen LogP) is 3.29. The Hall–Kier alpha value is -3.20. The molecule has 0 spiro atoms. The Morgan fingerprint density at radius 3 is 2.60 bits per heavy atom. The molecule has 1 heterocycles. The van der Waals surface area contributed by atoms with Crippen molar-refractivity contribution in [2.24, 2.45) is 0 Å². The number of halogens is 1. The summed E-state index contributed by atoms with van der Waals surface area (Å²) in [4.78, 5) is 14.2. The minimum atomic E-state index is -3.41. The smallest absolute Gasteiger partial charge is 0.253 e. The monoisotopic (exact) mass is 430 g/mol. The number of amides is 1. The molecule has 0 saturated heterocycles. The van der Waals surface area contributed by atoms with E-state index in [2.05, 4.69) is 14.9 Å². The Labute approximate surface area is 175 Å². The van der Waals surface area contributed by atoms with Gasteiger partial charge in [0.15, 0.2) is 0 Å². The van der Waals surface area contributed by atoms with Crippen molar-refractivity contribution in [3.8, 4) is 11.3 Å². The first-order valence-electron chi connectivity index (χ1n) is 9.35. The van der Waals surface area contributed by atoms with Crippen molar-refractivity contribution >= 4 is 21.6 Å². The molecule has 1 aromatic heterocycles. The number of benzene rings is 2. The fourth-order valence-corrected chi connectivity index (χ4v) is 3.57. The van der Waals surface area contributed by atoms with Crippen LogP contribution in [0.5, 0.6) is 0 Å². The second-order valence-electron chi connectivity index (χ2n) is 7.07. The van der Waals surface area contributed by atoms with Crippen molar-refractivity contribution < 1.29 is 17.6 Å². The SMILES string of the molecule is CN(CCCc1cc(-c2ccc(F)cc2)n[nH]1)C(=O)c1cccc(NS(C)(=O)=O)c1. The zero-order chi connectivity index (χ0) is 21.7. The molecule has 0 aliphatic rings. The first kappa shape index (κ1) is 21.5. The summed E-state index contributed by atoms with van der Waals surface area (Å²) < 4.78 is 38.1. The van der Waals surface area contributed by atoms with Gasteiger partial charge in [0, 0.05) is 36.1 Å². The van der Waals surface area contributed by atoms with Crippen LogP contribution in [-0.2, 0) is 16.4 Å². The topological polar surface area (TPSA) is 95.2 Å². The highest BCUT2D eigenvalue weighted by molar-refractivity contribution is 7.92. The Kier molecular flexibility index (Phi) is 6.51. The second-order valence-corrected chi connectivity index (χ2v) is 8.82. The Morgan fingerprint density at radius 1 is 1.17 bits per heavy atom. The van der Waals surface area contributed by atoms with E-state index in [1.807, 2.05) is 6.07 Å². The Morgan fingerprint density at radius 2 is 1.90 bits per heavy atom. The van der Waals surface area contributed by atoms with Crippen LogP contribution in [0, 0.1) is 5.82 Å². The first-order chi connectivity index (χ1) is 14.2. The molecule has 9 heteroatoms. The van der Waals surface area contributed by atoms with Crippen LogP contribution in [0.25, 0.3) is 11.3 Å². The summed E-state index contributed by atoms with van der Waals surface area (Å²) in [6.45, 7) is 0.521. The lowest BCUT2D eigenvalue weighted by Crippen LogP contribution is -2.28. The molecule has 2 N–H and O–H groups in total. The second kappa shape index (κ2) is 9.08. The number of nitrogens with one attached hydrogen (secondary N) is 2. The summed E-state index contributed by atoms with van der Waals surface area (Å²) in [5, 5.41) is 7.22. The van der Waals surface area contributed by atoms with E-state index in [0.717, 1.165) is 23.2 Å². The lowest BCUT2D eigenvalue weighted by Gasteiger charge is -2.17. The number of hydrogen-bond acceptors (Lipinski definition) is 4. The average Bonchev–Trinajstić information content (AvgIpc) is 3.15. The molecule has 0 bridgehead atoms. The first-order valence-corrected chi connectivity index (χ1v) is 11.2. The van der Waals surface area contributed by atoms with E-state index in [1.165, 1.54) is 18.2 Å². The largest absolute Gasteiger partial charge is 0.342 e. The maximum absolute atomic E-state index is 13.0. The number of aryl methyl sites for hydroxylation is 1. The van der Waals surface area contributed by atoms with Gasteiger partial charge in [-0.2, -0.15) is 5.10 Å². The summed E-state index contributed by atoms with van der Waals surface area (Å²) in [6, 6.07) is 14.4. The van der Waals surface area contributed by atoms with Crippen LogP contribution in [0.3, 0.4) is 0 Å². The molecular weight excluding hydrogens is 407 g/mol. The molecule has 0 aliphatic carbocycles. The van der Waals surface area contributed by atoms with Gasteiger partial charge in [0.1, 0.15) is 5.82 Å². The molecule has 30 heavy (non-hydrogen) atoms. The highest BCUT2D eigenvalue weighted by Gasteiger charge is 2.13. The van der Waals surface area contributed by atoms with Crippen molar-refractivity contribution in [2.45, 2.75) is 12.8 Å². The minimum Gasteiger partial charge on any atom is -0.342 e. The molecule has 158 valence electrons. The minimum absolute atomic E-state index is 0.191. The van der Waals surface area contributed by atoms with E-state index in [0.29, 0.717) is 30.6 Å². The predicted molar refractivity (Wildman–Crippen MR) is 114 cm³/mol. The summed E-state index contributed by atoms with van der Waals surface area (Å²) in [7, 11) is -1.70. The van der Waals surface area contributed by atoms with Gasteiger partial charge in [-0.05, 0) is 61.4 Å². The molecule has 3 aromatic rings. The fraction of sp³-hybridized carbons (Fsp3) is 0.238. The van der Waals surface area contributed by atoms with E-state index >= 15 is 0 Å². The quantitative estimate of drug-likeness (QED) is 0.573. The van der Waals surface area contributed by atoms with Gasteiger partial charge >= 0.3 is 0 Å². The number of hydrogen-bond donors (Lipinski definition) is 2. The third-order valence-electron chi connectivity index (χ3n) is 4.47. The van der Waals surface area contributed by atoms with Crippen molar-refractivity contribution in [3.05, 3.63) is 71.7 Å². The van der Waals surface area contributed by atoms with Crippen molar-refractivity contribution in [1.29, 1.82) is 0 Å². The summed E-state index contributed by atoms with van der Waals surface area (Å²) in [5.41, 5.74) is 3.25. The molecule has 0 aliphatic heterocycles. The molecular formula is C21H23FN4O3S. The van der Waals surface area contributed by atoms with Crippen molar-refractivity contribution in [2.75, 3.05) is 24.6 Å². The van der Waals surface area contributed by atoms with Gasteiger partial charge in [0.05, 0.1) is 11.9 Å². The molecule has 0 unspecified atom stereocenters. The molecule has 0 saturated carbocycles. The number of aromatic amines is 1. The highest BCUT2D eigenvalue weighted by atomic mass is 32.2. The third-order valence-corrected chi connectivity index (χ3v) is 5.08. The number of carbonyl (C=O) groups excluding carboxylic acids is 1. The van der Waals surface area contributed by atoms with Gasteiger partial charge in [-0.1, -0.05) is 6.07 Å². The molecule has 0 atom stereocenters. The molecule has 1 amide bonds. The summed E-state index contributed by atoms with van der Waals surface area (Å²) in [5.74, 6) is -0.483. The van der Waals surface area contributed by atoms with Gasteiger partial charge in [-0.25, -0.2) is 12.8 Å². The third kappa shape index (κ3) is 5.90. The lowest BCUT2D eigenvalue weighted by molar-refractivity contribution is 0.0793. The maximum atomic E-state index is 13.0. The van der Waals surface area contributed by atoms with Crippen molar-refractivity contribution in [3.63, 3.8) is 0 Å². The lowest BCUT2D eigenvalue weighted by atomic mass is 10.1. The summed E-state index contributed by atoms with van der Waals surface area (Å²) in [6.07, 6.45) is 2.47. The molecule has 0 radical (unpaired) electrons. The van der Waals surface area contributed by atoms with Crippen LogP contribution in [0.15, 0.2) is 54.6 Å². The molecule has 7 nitrogen and oxygen atoms in total. The van der Waals surface area contributed by atoms with Crippen LogP contribution < -0.4 is 4.72 Å². The van der Waals surface area contributed by atoms with Crippen molar-refractivity contribution in [1.82, 2.24) is 15.1 Å². The van der Waals surface area contributed by atoms with E-state index in [9.17, 15) is 17.6 Å². The highest BCUT2D eigenvalue weighted by Crippen LogP contribution is 2.19. The maximum Gasteiger partial charge on any atom is 0.253 e. The number of sulfonamides is 1. The van der Waals surface area contributed by atoms with Gasteiger partial charge in [-0.3, -0.25) is 14.6 Å². The van der Waals surface area contributed by atoms with Crippen LogP contribution in [-0.4, -0.2) is 49.3 Å². The molecule has 2 aromatic carbocycles. The Bertz CT molecular complexity index is 1130. The van der Waals surface area contributed by atoms with E-state index in [-0.39, 0.29) is 11.7 Å². The van der Waals surface area contributed by atoms with Gasteiger partial charge in [0.2, 0.25) is 10.0 Å². The van der Waals surface area contributed by atoms with Crippen LogP contribution in [0.1, 0.15) is 22.5 Å². The van der Waals surface area contributed by atoms with E-state index in [1.54, 1.807) is 42.3 Å². The molecule has 3 rings (SSSR count). The van der Waals surface area contributed by atoms with Gasteiger partial charge in [0.25, 0.3) is 5.91 Å². The fourth-order valence-electron chi connectivity index (χ4n) is 3.02. The number of aromatic nitrogens is 2. The normalized spacial score (nSPS) is 11.3. The average molecular weight is 431 g/mol. The van der Waals surface area contributed by atoms with E-state index < -0.39 is 10.0 Å². The number of carbonyl (C=O) groups is 1. The number of H-pyrrole nitrogens is 1. The Balaban J connectivity index is 1.54. The van der Waals surface area contributed by atoms with Crippen LogP contribution >= 0.6 is 0 Å². The van der Waals surface area contributed by atoms with Gasteiger partial charge in [-0.15, -0.1) is 0 Å². The summed E-state index contributed by atoms with van der Waals surface area (Å²) >= 11 is 0. The standard InChI is InChI=1S/C21H23FN4O3S/c1-26(21(27)16-5-3-6-19(13-16)25-30(2,28)29)12-4-7-18-14-20(24-23-18)15-8-10-17(22)11-9-15/h3,5-6,8-11,13-14,25H,4,7,12H2,1-2H3,(H,23,24). The number of nitrogens with zero attached hydrogens (tertiary/aromatic N) is 2.